The molecule has 0 aliphatic heterocycles. The lowest BCUT2D eigenvalue weighted by molar-refractivity contribution is -0.123. The van der Waals surface area contributed by atoms with Crippen molar-refractivity contribution in [3.05, 3.63) is 70.2 Å². The first-order chi connectivity index (χ1) is 11.7. The fourth-order valence-corrected chi connectivity index (χ4v) is 2.09. The Kier molecular flexibility index (Phi) is 6.74. The highest BCUT2D eigenvalue weighted by Crippen LogP contribution is 2.11. The largest absolute Gasteiger partial charge is 0.484 e. The maximum atomic E-state index is 11.6. The minimum absolute atomic E-state index is 0.163. The van der Waals surface area contributed by atoms with Crippen LogP contribution in [0, 0.1) is 11.3 Å². The molecule has 0 atom stereocenters. The molecular weight excluding hydrogens is 370 g/mol. The van der Waals surface area contributed by atoms with Gasteiger partial charge in [-0.3, -0.25) is 4.79 Å². The average molecular weight is 384 g/mol. The molecule has 1 N–H and O–H groups in total. The summed E-state index contributed by atoms with van der Waals surface area (Å²) >= 11 is 3.36. The Labute approximate surface area is 148 Å². The van der Waals surface area contributed by atoms with E-state index in [2.05, 4.69) is 26.5 Å². The summed E-state index contributed by atoms with van der Waals surface area (Å²) in [6.07, 6.45) is 3.37. The molecule has 6 heteroatoms. The van der Waals surface area contributed by atoms with E-state index in [0.29, 0.717) is 11.3 Å². The monoisotopic (exact) mass is 383 g/mol. The molecule has 1 amide bonds. The molecule has 2 aromatic rings. The lowest BCUT2D eigenvalue weighted by Gasteiger charge is -2.04. The third-order valence-corrected chi connectivity index (χ3v) is 3.27. The lowest BCUT2D eigenvalue weighted by atomic mass is 10.2. The summed E-state index contributed by atoms with van der Waals surface area (Å²) in [4.78, 5) is 11.6. The zero-order valence-electron chi connectivity index (χ0n) is 12.6. The minimum Gasteiger partial charge on any atom is -0.484 e. The average Bonchev–Trinajstić information content (AvgIpc) is 2.61. The van der Waals surface area contributed by atoms with Gasteiger partial charge in [0.25, 0.3) is 5.91 Å². The molecular formula is C18H14BrN3O2. The maximum Gasteiger partial charge on any atom is 0.277 e. The van der Waals surface area contributed by atoms with E-state index in [9.17, 15) is 4.79 Å². The third-order valence-electron chi connectivity index (χ3n) is 2.83. The van der Waals surface area contributed by atoms with Gasteiger partial charge in [-0.2, -0.15) is 10.4 Å². The molecule has 0 radical (unpaired) electrons. The van der Waals surface area contributed by atoms with E-state index in [-0.39, 0.29) is 12.5 Å². The smallest absolute Gasteiger partial charge is 0.277 e. The van der Waals surface area contributed by atoms with Crippen LogP contribution in [0.3, 0.4) is 0 Å². The van der Waals surface area contributed by atoms with Gasteiger partial charge in [0.1, 0.15) is 5.75 Å². The van der Waals surface area contributed by atoms with Crippen LogP contribution >= 0.6 is 15.9 Å². The molecule has 24 heavy (non-hydrogen) atoms. The van der Waals surface area contributed by atoms with Crippen LogP contribution in [-0.2, 0) is 4.79 Å². The maximum absolute atomic E-state index is 11.6. The van der Waals surface area contributed by atoms with E-state index in [4.69, 9.17) is 10.00 Å². The van der Waals surface area contributed by atoms with E-state index in [0.717, 1.165) is 10.0 Å². The molecule has 0 aliphatic carbocycles. The van der Waals surface area contributed by atoms with E-state index in [1.54, 1.807) is 24.3 Å². The number of ether oxygens (including phenoxy) is 1. The van der Waals surface area contributed by atoms with Gasteiger partial charge in [0.05, 0.1) is 17.8 Å². The summed E-state index contributed by atoms with van der Waals surface area (Å²) < 4.78 is 6.02. The number of hydrogen-bond donors (Lipinski definition) is 1. The summed E-state index contributed by atoms with van der Waals surface area (Å²) in [5, 5.41) is 12.5. The summed E-state index contributed by atoms with van der Waals surface area (Å²) in [6, 6.07) is 18.2. The fraction of sp³-hybridized carbons (Fsp3) is 0.0556. The predicted octanol–water partition coefficient (Wildman–Crippen LogP) is 3.48. The van der Waals surface area contributed by atoms with Crippen molar-refractivity contribution in [1.82, 2.24) is 5.43 Å². The number of nitrogens with one attached hydrogen (secondary N) is 1. The third kappa shape index (κ3) is 6.07. The van der Waals surface area contributed by atoms with Gasteiger partial charge in [0, 0.05) is 4.48 Å². The van der Waals surface area contributed by atoms with Crippen molar-refractivity contribution >= 4 is 34.1 Å². The second-order valence-electron chi connectivity index (χ2n) is 4.66. The van der Waals surface area contributed by atoms with Crippen LogP contribution in [0.15, 0.2) is 64.2 Å². The topological polar surface area (TPSA) is 74.5 Å². The number of nitrogens with zero attached hydrogens (tertiary/aromatic N) is 2. The molecule has 2 aromatic carbocycles. The molecule has 0 bridgehead atoms. The van der Waals surface area contributed by atoms with Gasteiger partial charge in [0.2, 0.25) is 0 Å². The zero-order chi connectivity index (χ0) is 17.2. The number of hydrazone groups is 1. The first kappa shape index (κ1) is 17.4. The number of amides is 1. The van der Waals surface area contributed by atoms with Crippen molar-refractivity contribution < 1.29 is 9.53 Å². The molecule has 0 unspecified atom stereocenters. The molecule has 0 fully saturated rings. The van der Waals surface area contributed by atoms with Crippen molar-refractivity contribution in [2.45, 2.75) is 0 Å². The Balaban J connectivity index is 1.78. The zero-order valence-corrected chi connectivity index (χ0v) is 14.2. The Hall–Kier alpha value is -2.91. The second kappa shape index (κ2) is 9.28. The van der Waals surface area contributed by atoms with Gasteiger partial charge in [-0.25, -0.2) is 5.43 Å². The van der Waals surface area contributed by atoms with Crippen LogP contribution in [0.4, 0.5) is 0 Å². The van der Waals surface area contributed by atoms with Gasteiger partial charge in [0.15, 0.2) is 6.61 Å². The van der Waals surface area contributed by atoms with Crippen molar-refractivity contribution in [2.24, 2.45) is 5.10 Å². The summed E-state index contributed by atoms with van der Waals surface area (Å²) in [6.45, 7) is -0.163. The summed E-state index contributed by atoms with van der Waals surface area (Å²) in [5.41, 5.74) is 3.93. The van der Waals surface area contributed by atoms with Crippen molar-refractivity contribution in [2.75, 3.05) is 6.61 Å². The first-order valence-corrected chi connectivity index (χ1v) is 7.84. The van der Waals surface area contributed by atoms with Gasteiger partial charge >= 0.3 is 0 Å². The highest BCUT2D eigenvalue weighted by atomic mass is 79.9. The molecule has 0 heterocycles. The van der Waals surface area contributed by atoms with Crippen molar-refractivity contribution in [1.29, 1.82) is 5.26 Å². The van der Waals surface area contributed by atoms with Gasteiger partial charge in [-0.15, -0.1) is 0 Å². The van der Waals surface area contributed by atoms with Crippen molar-refractivity contribution in [3.63, 3.8) is 0 Å². The Bertz CT molecular complexity index is 778. The van der Waals surface area contributed by atoms with Crippen LogP contribution in [0.2, 0.25) is 0 Å². The van der Waals surface area contributed by atoms with Crippen LogP contribution in [0.5, 0.6) is 5.75 Å². The van der Waals surface area contributed by atoms with Crippen LogP contribution in [0.25, 0.3) is 6.08 Å². The Morgan fingerprint density at radius 2 is 1.92 bits per heavy atom. The molecule has 0 saturated carbocycles. The Morgan fingerprint density at radius 3 is 2.58 bits per heavy atom. The second-order valence-corrected chi connectivity index (χ2v) is 5.57. The molecule has 5 nitrogen and oxygen atoms in total. The number of allylic oxidation sites excluding steroid dienone is 1. The first-order valence-electron chi connectivity index (χ1n) is 7.04. The normalized spacial score (nSPS) is 11.1. The summed E-state index contributed by atoms with van der Waals surface area (Å²) in [5.74, 6) is 0.133. The number of halogens is 1. The highest BCUT2D eigenvalue weighted by molar-refractivity contribution is 9.12. The van der Waals surface area contributed by atoms with E-state index in [1.807, 2.05) is 42.5 Å². The SMILES string of the molecule is N#Cc1ccc(OCC(=O)N/N=C\C(Br)=C\c2ccccc2)cc1. The number of hydrogen-bond acceptors (Lipinski definition) is 4. The van der Waals surface area contributed by atoms with E-state index >= 15 is 0 Å². The molecule has 0 saturated heterocycles. The fourth-order valence-electron chi connectivity index (χ4n) is 1.72. The van der Waals surface area contributed by atoms with Crippen LogP contribution in [0.1, 0.15) is 11.1 Å². The van der Waals surface area contributed by atoms with Gasteiger partial charge < -0.3 is 4.74 Å². The molecule has 2 rings (SSSR count). The van der Waals surface area contributed by atoms with E-state index in [1.165, 1.54) is 6.21 Å². The number of rotatable bonds is 6. The van der Waals surface area contributed by atoms with E-state index < -0.39 is 0 Å². The minimum atomic E-state index is -0.379. The number of benzene rings is 2. The number of nitriles is 1. The van der Waals surface area contributed by atoms with Gasteiger partial charge in [-0.05, 0) is 51.8 Å². The lowest BCUT2D eigenvalue weighted by Crippen LogP contribution is -2.24. The van der Waals surface area contributed by atoms with Crippen LogP contribution in [-0.4, -0.2) is 18.7 Å². The number of carbonyl (C=O) groups is 1. The molecule has 0 aliphatic rings. The predicted molar refractivity (Wildman–Crippen MR) is 96.6 cm³/mol. The number of carbonyl (C=O) groups excluding carboxylic acids is 1. The van der Waals surface area contributed by atoms with Crippen molar-refractivity contribution in [3.8, 4) is 11.8 Å². The molecule has 0 spiro atoms. The van der Waals surface area contributed by atoms with Crippen LogP contribution < -0.4 is 10.2 Å². The standard InChI is InChI=1S/C18H14BrN3O2/c19-16(10-14-4-2-1-3-5-14)12-21-22-18(23)13-24-17-8-6-15(11-20)7-9-17/h1-10,12H,13H2,(H,22,23)/b16-10-,21-12-. The quantitative estimate of drug-likeness (QED) is 0.612. The molecule has 120 valence electrons. The Morgan fingerprint density at radius 1 is 1.21 bits per heavy atom. The summed E-state index contributed by atoms with van der Waals surface area (Å²) in [7, 11) is 0. The highest BCUT2D eigenvalue weighted by Gasteiger charge is 2.01. The molecule has 0 aromatic heterocycles. The van der Waals surface area contributed by atoms with Gasteiger partial charge in [-0.1, -0.05) is 30.3 Å².